The van der Waals surface area contributed by atoms with E-state index in [0.29, 0.717) is 16.8 Å². The van der Waals surface area contributed by atoms with Crippen molar-refractivity contribution in [3.05, 3.63) is 29.3 Å². The van der Waals surface area contributed by atoms with E-state index in [1.54, 1.807) is 7.11 Å². The second-order valence-electron chi connectivity index (χ2n) is 5.28. The number of rotatable bonds is 5. The van der Waals surface area contributed by atoms with Crippen LogP contribution in [0.5, 0.6) is 5.75 Å². The number of ether oxygens (including phenoxy) is 1. The highest BCUT2D eigenvalue weighted by Gasteiger charge is 2.23. The molecule has 0 aliphatic carbocycles. The Hall–Kier alpha value is -1.09. The highest BCUT2D eigenvalue weighted by atomic mass is 32.1. The van der Waals surface area contributed by atoms with Crippen LogP contribution in [0.2, 0.25) is 0 Å². The van der Waals surface area contributed by atoms with Crippen molar-refractivity contribution in [2.45, 2.75) is 39.5 Å². The number of hydrogen-bond donors (Lipinski definition) is 1. The van der Waals surface area contributed by atoms with E-state index in [0.717, 1.165) is 11.3 Å². The summed E-state index contributed by atoms with van der Waals surface area (Å²) >= 11 is 5.21. The van der Waals surface area contributed by atoms with Crippen LogP contribution in [0.15, 0.2) is 18.2 Å². The summed E-state index contributed by atoms with van der Waals surface area (Å²) in [4.78, 5) is 0.532. The van der Waals surface area contributed by atoms with Gasteiger partial charge in [0.25, 0.3) is 0 Å². The van der Waals surface area contributed by atoms with Gasteiger partial charge < -0.3 is 10.5 Å². The first kappa shape index (κ1) is 15.0. The maximum Gasteiger partial charge on any atom is 0.122 e. The zero-order valence-electron chi connectivity index (χ0n) is 11.9. The van der Waals surface area contributed by atoms with Crippen molar-refractivity contribution in [3.63, 3.8) is 0 Å². The fourth-order valence-corrected chi connectivity index (χ4v) is 2.60. The third-order valence-corrected chi connectivity index (χ3v) is 3.48. The van der Waals surface area contributed by atoms with E-state index in [4.69, 9.17) is 22.7 Å². The van der Waals surface area contributed by atoms with Crippen molar-refractivity contribution in [1.82, 2.24) is 0 Å². The van der Waals surface area contributed by atoms with Gasteiger partial charge in [0.2, 0.25) is 0 Å². The maximum atomic E-state index is 5.90. The second-order valence-corrected chi connectivity index (χ2v) is 5.75. The number of nitrogens with two attached hydrogens (primary N) is 1. The summed E-state index contributed by atoms with van der Waals surface area (Å²) in [7, 11) is 1.69. The topological polar surface area (TPSA) is 35.2 Å². The van der Waals surface area contributed by atoms with Crippen molar-refractivity contribution in [1.29, 1.82) is 0 Å². The smallest absolute Gasteiger partial charge is 0.122 e. The molecule has 0 aromatic heterocycles. The first-order valence-corrected chi connectivity index (χ1v) is 6.76. The molecule has 1 aromatic carbocycles. The Balaban J connectivity index is 3.33. The fourth-order valence-electron chi connectivity index (χ4n) is 2.20. The maximum absolute atomic E-state index is 5.90. The molecule has 0 saturated carbocycles. The molecule has 2 nitrogen and oxygen atoms in total. The predicted molar refractivity (Wildman–Crippen MR) is 81.4 cm³/mol. The van der Waals surface area contributed by atoms with E-state index in [-0.39, 0.29) is 5.92 Å². The van der Waals surface area contributed by atoms with Crippen molar-refractivity contribution in [2.75, 3.05) is 7.11 Å². The standard InChI is InChI=1S/C15H23NOS/c1-9(2)11-6-7-13(17-5)12(8-11)14(10(3)4)15(16)18/h6-10,14H,1-5H3,(H2,16,18). The molecule has 18 heavy (non-hydrogen) atoms. The first-order valence-electron chi connectivity index (χ1n) is 6.35. The summed E-state index contributed by atoms with van der Waals surface area (Å²) in [5, 5.41) is 0. The van der Waals surface area contributed by atoms with Gasteiger partial charge in [0, 0.05) is 11.5 Å². The second kappa shape index (κ2) is 6.19. The Labute approximate surface area is 116 Å². The summed E-state index contributed by atoms with van der Waals surface area (Å²) < 4.78 is 5.45. The lowest BCUT2D eigenvalue weighted by molar-refractivity contribution is 0.404. The largest absolute Gasteiger partial charge is 0.496 e. The lowest BCUT2D eigenvalue weighted by Crippen LogP contribution is -2.24. The van der Waals surface area contributed by atoms with Gasteiger partial charge in [0.15, 0.2) is 0 Å². The Bertz CT molecular complexity index is 427. The number of hydrogen-bond acceptors (Lipinski definition) is 2. The van der Waals surface area contributed by atoms with Crippen molar-refractivity contribution < 1.29 is 4.74 Å². The zero-order valence-corrected chi connectivity index (χ0v) is 12.7. The van der Waals surface area contributed by atoms with Gasteiger partial charge in [-0.25, -0.2) is 0 Å². The van der Waals surface area contributed by atoms with E-state index in [2.05, 4.69) is 39.8 Å². The first-order chi connectivity index (χ1) is 8.38. The highest BCUT2D eigenvalue weighted by Crippen LogP contribution is 2.34. The van der Waals surface area contributed by atoms with Crippen LogP contribution in [-0.2, 0) is 0 Å². The number of methoxy groups -OCH3 is 1. The summed E-state index contributed by atoms with van der Waals surface area (Å²) in [6.07, 6.45) is 0. The summed E-state index contributed by atoms with van der Waals surface area (Å²) in [6.45, 7) is 8.62. The van der Waals surface area contributed by atoms with Crippen LogP contribution >= 0.6 is 12.2 Å². The van der Waals surface area contributed by atoms with Crippen LogP contribution in [0.1, 0.15) is 50.7 Å². The summed E-state index contributed by atoms with van der Waals surface area (Å²) in [5.74, 6) is 1.77. The van der Waals surface area contributed by atoms with Crippen molar-refractivity contribution in [2.24, 2.45) is 11.7 Å². The highest BCUT2D eigenvalue weighted by molar-refractivity contribution is 7.80. The van der Waals surface area contributed by atoms with E-state index < -0.39 is 0 Å². The quantitative estimate of drug-likeness (QED) is 0.821. The molecule has 0 heterocycles. The molecule has 0 fully saturated rings. The molecule has 1 unspecified atom stereocenters. The minimum Gasteiger partial charge on any atom is -0.496 e. The molecule has 0 spiro atoms. The molecule has 100 valence electrons. The molecular formula is C15H23NOS. The minimum atomic E-state index is 0.0636. The van der Waals surface area contributed by atoms with Crippen LogP contribution in [0.4, 0.5) is 0 Å². The van der Waals surface area contributed by atoms with Crippen molar-refractivity contribution in [3.8, 4) is 5.75 Å². The van der Waals surface area contributed by atoms with Crippen molar-refractivity contribution >= 4 is 17.2 Å². The molecule has 0 aliphatic rings. The Kier molecular flexibility index (Phi) is 5.15. The summed E-state index contributed by atoms with van der Waals surface area (Å²) in [6, 6.07) is 6.29. The molecule has 0 radical (unpaired) electrons. The number of thiocarbonyl (C=S) groups is 1. The fraction of sp³-hybridized carbons (Fsp3) is 0.533. The average Bonchev–Trinajstić information content (AvgIpc) is 2.27. The van der Waals surface area contributed by atoms with E-state index in [1.807, 2.05) is 6.07 Å². The van der Waals surface area contributed by atoms with Gasteiger partial charge in [-0.05, 0) is 23.5 Å². The van der Waals surface area contributed by atoms with Gasteiger partial charge in [-0.1, -0.05) is 52.0 Å². The lowest BCUT2D eigenvalue weighted by Gasteiger charge is -2.23. The molecular weight excluding hydrogens is 242 g/mol. The average molecular weight is 265 g/mol. The third-order valence-electron chi connectivity index (χ3n) is 3.23. The lowest BCUT2D eigenvalue weighted by atomic mass is 9.85. The molecule has 0 aliphatic heterocycles. The minimum absolute atomic E-state index is 0.0636. The van der Waals surface area contributed by atoms with E-state index in [1.165, 1.54) is 5.56 Å². The predicted octanol–water partition coefficient (Wildman–Crippen LogP) is 3.84. The van der Waals surface area contributed by atoms with E-state index >= 15 is 0 Å². The van der Waals surface area contributed by atoms with Crippen LogP contribution in [0.25, 0.3) is 0 Å². The Morgan fingerprint density at radius 2 is 1.83 bits per heavy atom. The van der Waals surface area contributed by atoms with Crippen LogP contribution in [0, 0.1) is 5.92 Å². The molecule has 0 bridgehead atoms. The number of benzene rings is 1. The van der Waals surface area contributed by atoms with Crippen LogP contribution in [0.3, 0.4) is 0 Å². The third kappa shape index (κ3) is 3.22. The molecule has 1 atom stereocenters. The molecule has 0 amide bonds. The van der Waals surface area contributed by atoms with Gasteiger partial charge in [0.1, 0.15) is 5.75 Å². The molecule has 3 heteroatoms. The normalized spacial score (nSPS) is 12.8. The van der Waals surface area contributed by atoms with Crippen LogP contribution in [-0.4, -0.2) is 12.1 Å². The molecule has 1 rings (SSSR count). The van der Waals surface area contributed by atoms with Gasteiger partial charge >= 0.3 is 0 Å². The SMILES string of the molecule is COc1ccc(C(C)C)cc1C(C(N)=S)C(C)C. The van der Waals surface area contributed by atoms with Crippen LogP contribution < -0.4 is 10.5 Å². The Morgan fingerprint density at radius 3 is 2.22 bits per heavy atom. The van der Waals surface area contributed by atoms with Gasteiger partial charge in [-0.3, -0.25) is 0 Å². The zero-order chi connectivity index (χ0) is 13.9. The molecule has 1 aromatic rings. The Morgan fingerprint density at radius 1 is 1.22 bits per heavy atom. The monoisotopic (exact) mass is 265 g/mol. The molecule has 2 N–H and O–H groups in total. The van der Waals surface area contributed by atoms with Gasteiger partial charge in [-0.15, -0.1) is 0 Å². The van der Waals surface area contributed by atoms with E-state index in [9.17, 15) is 0 Å². The molecule has 0 saturated heterocycles. The summed E-state index contributed by atoms with van der Waals surface area (Å²) in [5.41, 5.74) is 8.28. The van der Waals surface area contributed by atoms with Gasteiger partial charge in [-0.2, -0.15) is 0 Å². The van der Waals surface area contributed by atoms with Gasteiger partial charge in [0.05, 0.1) is 12.1 Å².